The van der Waals surface area contributed by atoms with Crippen LogP contribution in [0.1, 0.15) is 45.4 Å². The Labute approximate surface area is 124 Å². The molecule has 0 aliphatic heterocycles. The SMILES string of the molecule is C=C1C(=O)C=C2C1CCC1(C(=O)OCC)CCCCC21O. The molecule has 114 valence electrons. The fraction of sp³-hybridized carbons (Fsp3) is 0.647. The van der Waals surface area contributed by atoms with Gasteiger partial charge in [0.2, 0.25) is 0 Å². The quantitative estimate of drug-likeness (QED) is 0.626. The van der Waals surface area contributed by atoms with E-state index >= 15 is 0 Å². The molecule has 2 fully saturated rings. The summed E-state index contributed by atoms with van der Waals surface area (Å²) in [5, 5.41) is 11.4. The zero-order valence-corrected chi connectivity index (χ0v) is 12.5. The van der Waals surface area contributed by atoms with Gasteiger partial charge in [-0.3, -0.25) is 9.59 Å². The maximum absolute atomic E-state index is 12.6. The van der Waals surface area contributed by atoms with Crippen molar-refractivity contribution in [1.29, 1.82) is 0 Å². The van der Waals surface area contributed by atoms with Gasteiger partial charge in [-0.25, -0.2) is 0 Å². The summed E-state index contributed by atoms with van der Waals surface area (Å²) < 4.78 is 5.28. The van der Waals surface area contributed by atoms with E-state index in [4.69, 9.17) is 4.74 Å². The van der Waals surface area contributed by atoms with Gasteiger partial charge in [0.05, 0.1) is 6.61 Å². The number of fused-ring (bicyclic) bond motifs is 3. The van der Waals surface area contributed by atoms with Crippen LogP contribution in [0, 0.1) is 11.3 Å². The summed E-state index contributed by atoms with van der Waals surface area (Å²) in [5.41, 5.74) is -0.859. The summed E-state index contributed by atoms with van der Waals surface area (Å²) >= 11 is 0. The Hall–Kier alpha value is -1.42. The Balaban J connectivity index is 2.08. The van der Waals surface area contributed by atoms with E-state index in [-0.39, 0.29) is 17.7 Å². The Morgan fingerprint density at radius 3 is 2.86 bits per heavy atom. The summed E-state index contributed by atoms with van der Waals surface area (Å²) in [6, 6.07) is 0. The summed E-state index contributed by atoms with van der Waals surface area (Å²) in [5.74, 6) is -0.506. The number of ketones is 1. The normalized spacial score (nSPS) is 38.6. The van der Waals surface area contributed by atoms with E-state index in [9.17, 15) is 14.7 Å². The van der Waals surface area contributed by atoms with Crippen molar-refractivity contribution < 1.29 is 19.4 Å². The smallest absolute Gasteiger partial charge is 0.315 e. The summed E-state index contributed by atoms with van der Waals surface area (Å²) in [7, 11) is 0. The van der Waals surface area contributed by atoms with Crippen LogP contribution in [0.25, 0.3) is 0 Å². The fourth-order valence-corrected chi connectivity index (χ4v) is 4.47. The Morgan fingerprint density at radius 2 is 2.14 bits per heavy atom. The van der Waals surface area contributed by atoms with E-state index in [1.54, 1.807) is 6.92 Å². The Morgan fingerprint density at radius 1 is 1.43 bits per heavy atom. The maximum Gasteiger partial charge on any atom is 0.315 e. The van der Waals surface area contributed by atoms with Gasteiger partial charge >= 0.3 is 5.97 Å². The van der Waals surface area contributed by atoms with Gasteiger partial charge in [0, 0.05) is 5.92 Å². The average Bonchev–Trinajstić information content (AvgIpc) is 2.76. The number of esters is 1. The van der Waals surface area contributed by atoms with Crippen LogP contribution in [0.5, 0.6) is 0 Å². The number of aliphatic hydroxyl groups is 1. The second-order valence-corrected chi connectivity index (χ2v) is 6.45. The number of rotatable bonds is 2. The maximum atomic E-state index is 12.6. The number of hydrogen-bond donors (Lipinski definition) is 1. The molecule has 0 heterocycles. The minimum Gasteiger partial charge on any atom is -0.465 e. The third-order valence-electron chi connectivity index (χ3n) is 5.59. The van der Waals surface area contributed by atoms with Gasteiger partial charge in [0.1, 0.15) is 11.0 Å². The van der Waals surface area contributed by atoms with Crippen molar-refractivity contribution in [3.8, 4) is 0 Å². The Kier molecular flexibility index (Phi) is 3.32. The van der Waals surface area contributed by atoms with E-state index in [2.05, 4.69) is 6.58 Å². The molecule has 2 saturated carbocycles. The monoisotopic (exact) mass is 290 g/mol. The first-order valence-electron chi connectivity index (χ1n) is 7.81. The molecular formula is C17H22O4. The second kappa shape index (κ2) is 4.80. The third-order valence-corrected chi connectivity index (χ3v) is 5.59. The molecule has 21 heavy (non-hydrogen) atoms. The molecule has 3 atom stereocenters. The van der Waals surface area contributed by atoms with Crippen molar-refractivity contribution in [2.75, 3.05) is 6.61 Å². The van der Waals surface area contributed by atoms with E-state index in [0.29, 0.717) is 43.4 Å². The predicted molar refractivity (Wildman–Crippen MR) is 77.4 cm³/mol. The first kappa shape index (κ1) is 14.5. The van der Waals surface area contributed by atoms with Crippen LogP contribution in [0.4, 0.5) is 0 Å². The molecule has 0 amide bonds. The lowest BCUT2D eigenvalue weighted by atomic mass is 9.52. The molecule has 0 aromatic carbocycles. The van der Waals surface area contributed by atoms with Crippen LogP contribution in [0.3, 0.4) is 0 Å². The molecule has 0 aromatic rings. The second-order valence-electron chi connectivity index (χ2n) is 6.45. The Bertz CT molecular complexity index is 547. The molecule has 0 aromatic heterocycles. The zero-order chi connectivity index (χ0) is 15.3. The molecule has 3 unspecified atom stereocenters. The molecule has 0 bridgehead atoms. The van der Waals surface area contributed by atoms with Crippen molar-refractivity contribution in [1.82, 2.24) is 0 Å². The molecule has 0 radical (unpaired) electrons. The number of carbonyl (C=O) groups excluding carboxylic acids is 2. The van der Waals surface area contributed by atoms with Crippen LogP contribution < -0.4 is 0 Å². The lowest BCUT2D eigenvalue weighted by Gasteiger charge is -2.54. The highest BCUT2D eigenvalue weighted by molar-refractivity contribution is 6.08. The lowest BCUT2D eigenvalue weighted by Crippen LogP contribution is -2.60. The van der Waals surface area contributed by atoms with Crippen LogP contribution in [0.15, 0.2) is 23.8 Å². The standard InChI is InChI=1S/C17H22O4/c1-3-21-15(19)16-7-4-5-8-17(16,20)13-10-14(18)11(2)12(13)6-9-16/h10,12,20H,2-9H2,1H3. The minimum atomic E-state index is -1.24. The molecule has 1 N–H and O–H groups in total. The van der Waals surface area contributed by atoms with Crippen molar-refractivity contribution in [2.45, 2.75) is 51.0 Å². The molecule has 3 rings (SSSR count). The van der Waals surface area contributed by atoms with E-state index in [0.717, 1.165) is 12.8 Å². The van der Waals surface area contributed by atoms with Crippen molar-refractivity contribution in [3.05, 3.63) is 23.8 Å². The van der Waals surface area contributed by atoms with Gasteiger partial charge in [-0.2, -0.15) is 0 Å². The predicted octanol–water partition coefficient (Wildman–Crippen LogP) is 2.32. The molecule has 0 spiro atoms. The molecule has 3 aliphatic rings. The highest BCUT2D eigenvalue weighted by Gasteiger charge is 2.64. The average molecular weight is 290 g/mol. The highest BCUT2D eigenvalue weighted by Crippen LogP contribution is 2.60. The van der Waals surface area contributed by atoms with Gasteiger partial charge in [0.15, 0.2) is 5.78 Å². The van der Waals surface area contributed by atoms with Crippen molar-refractivity contribution in [2.24, 2.45) is 11.3 Å². The van der Waals surface area contributed by atoms with Crippen LogP contribution in [-0.2, 0) is 14.3 Å². The van der Waals surface area contributed by atoms with Gasteiger partial charge < -0.3 is 9.84 Å². The van der Waals surface area contributed by atoms with Gasteiger partial charge in [-0.1, -0.05) is 19.4 Å². The number of hydrogen-bond acceptors (Lipinski definition) is 4. The van der Waals surface area contributed by atoms with Crippen molar-refractivity contribution in [3.63, 3.8) is 0 Å². The van der Waals surface area contributed by atoms with Crippen LogP contribution >= 0.6 is 0 Å². The molecule has 0 saturated heterocycles. The van der Waals surface area contributed by atoms with Crippen molar-refractivity contribution >= 4 is 11.8 Å². The molecule has 4 nitrogen and oxygen atoms in total. The first-order valence-corrected chi connectivity index (χ1v) is 7.81. The van der Waals surface area contributed by atoms with Gasteiger partial charge in [-0.05, 0) is 49.8 Å². The zero-order valence-electron chi connectivity index (χ0n) is 12.5. The number of allylic oxidation sites excluding steroid dienone is 2. The lowest BCUT2D eigenvalue weighted by molar-refractivity contribution is -0.183. The van der Waals surface area contributed by atoms with E-state index in [1.165, 1.54) is 6.08 Å². The highest BCUT2D eigenvalue weighted by atomic mass is 16.5. The molecule has 4 heteroatoms. The van der Waals surface area contributed by atoms with Crippen LogP contribution in [-0.4, -0.2) is 29.1 Å². The van der Waals surface area contributed by atoms with Gasteiger partial charge in [0.25, 0.3) is 0 Å². The van der Waals surface area contributed by atoms with Gasteiger partial charge in [-0.15, -0.1) is 0 Å². The fourth-order valence-electron chi connectivity index (χ4n) is 4.47. The number of ether oxygens (including phenoxy) is 1. The number of carbonyl (C=O) groups is 2. The van der Waals surface area contributed by atoms with E-state index < -0.39 is 11.0 Å². The topological polar surface area (TPSA) is 63.6 Å². The summed E-state index contributed by atoms with van der Waals surface area (Å²) in [6.07, 6.45) is 5.71. The molecular weight excluding hydrogens is 268 g/mol. The minimum absolute atomic E-state index is 0.0943. The van der Waals surface area contributed by atoms with E-state index in [1.807, 2.05) is 0 Å². The summed E-state index contributed by atoms with van der Waals surface area (Å²) in [4.78, 5) is 24.5. The summed E-state index contributed by atoms with van der Waals surface area (Å²) in [6.45, 7) is 5.95. The molecule has 3 aliphatic carbocycles. The first-order chi connectivity index (χ1) is 9.96. The third kappa shape index (κ3) is 1.78. The largest absolute Gasteiger partial charge is 0.465 e. The van der Waals surface area contributed by atoms with Crippen LogP contribution in [0.2, 0.25) is 0 Å².